The maximum absolute atomic E-state index is 13.9. The summed E-state index contributed by atoms with van der Waals surface area (Å²) < 4.78 is 17.6. The number of methoxy groups -OCH3 is 1. The van der Waals surface area contributed by atoms with E-state index in [9.17, 15) is 33.6 Å². The summed E-state index contributed by atoms with van der Waals surface area (Å²) >= 11 is 0. The van der Waals surface area contributed by atoms with E-state index < -0.39 is 40.1 Å². The molecule has 0 saturated carbocycles. The van der Waals surface area contributed by atoms with E-state index in [2.05, 4.69) is 51.7 Å². The van der Waals surface area contributed by atoms with Gasteiger partial charge in [-0.25, -0.2) is 4.79 Å². The zero-order chi connectivity index (χ0) is 65.8. The average Bonchev–Trinajstić information content (AvgIpc) is 3.69. The van der Waals surface area contributed by atoms with E-state index >= 15 is 0 Å². The van der Waals surface area contributed by atoms with Crippen molar-refractivity contribution in [3.63, 3.8) is 0 Å². The molecule has 512 valence electrons. The topological polar surface area (TPSA) is 219 Å². The van der Waals surface area contributed by atoms with Crippen LogP contribution in [0.4, 0.5) is 0 Å². The Hall–Kier alpha value is -4.23. The Bertz CT molecular complexity index is 1900. The Morgan fingerprint density at radius 3 is 1.10 bits per heavy atom. The Morgan fingerprint density at radius 2 is 0.727 bits per heavy atom. The standard InChI is InChI=1S/C72H134N6O10/c1-13-16-19-21-23-25-27-29-31-33-35-37-39-48-63(80)73-54-43-41-45-60(77-67(84)69(4,5)52-58-87-71(8,9)50-56-75-62(79)47-18-15-3)65(82)76-57-51-72(10,11)88-59-53-70(6,7)68(85)78-61(66(83)86-12)46-42-44-55-74-64(81)49-40-38-36-34-32-30-28-26-24-22-20-17-14-2/h3,60-61H,13-14,16-59H2,1-2,4-12H3,(H,73,80)(H,74,81)(H,75,79)(H,76,82)(H,77,84)(H,78,85). The highest BCUT2D eigenvalue weighted by molar-refractivity contribution is 5.90. The molecular weight excluding hydrogens is 1110 g/mol. The van der Waals surface area contributed by atoms with Crippen molar-refractivity contribution in [3.05, 3.63) is 0 Å². The summed E-state index contributed by atoms with van der Waals surface area (Å²) in [7, 11) is 1.31. The molecule has 2 unspecified atom stereocenters. The number of ether oxygens (including phenoxy) is 3. The highest BCUT2D eigenvalue weighted by Crippen LogP contribution is 2.26. The second-order valence-electron chi connectivity index (χ2n) is 27.6. The number of hydrogen-bond donors (Lipinski definition) is 6. The monoisotopic (exact) mass is 1240 g/mol. The first-order valence-corrected chi connectivity index (χ1v) is 35.4. The first-order valence-electron chi connectivity index (χ1n) is 35.4. The summed E-state index contributed by atoms with van der Waals surface area (Å²) in [5.41, 5.74) is -2.98. The molecule has 6 amide bonds. The Balaban J connectivity index is 5.16. The molecule has 0 fully saturated rings. The van der Waals surface area contributed by atoms with E-state index in [1.807, 2.05) is 55.4 Å². The van der Waals surface area contributed by atoms with Crippen LogP contribution < -0.4 is 31.9 Å². The van der Waals surface area contributed by atoms with Crippen LogP contribution in [0.5, 0.6) is 0 Å². The molecule has 0 aromatic heterocycles. The minimum atomic E-state index is -0.879. The van der Waals surface area contributed by atoms with Gasteiger partial charge in [0.1, 0.15) is 12.1 Å². The van der Waals surface area contributed by atoms with Crippen LogP contribution in [-0.2, 0) is 47.8 Å². The van der Waals surface area contributed by atoms with Gasteiger partial charge in [0.2, 0.25) is 35.4 Å². The normalized spacial score (nSPS) is 12.6. The summed E-state index contributed by atoms with van der Waals surface area (Å²) in [5.74, 6) is 1.08. The molecule has 0 aromatic carbocycles. The molecule has 0 aliphatic carbocycles. The van der Waals surface area contributed by atoms with Crippen LogP contribution in [0.1, 0.15) is 326 Å². The zero-order valence-corrected chi connectivity index (χ0v) is 58.3. The highest BCUT2D eigenvalue weighted by atomic mass is 16.5. The highest BCUT2D eigenvalue weighted by Gasteiger charge is 2.34. The predicted molar refractivity (Wildman–Crippen MR) is 360 cm³/mol. The minimum absolute atomic E-state index is 0.0436. The van der Waals surface area contributed by atoms with E-state index in [4.69, 9.17) is 20.6 Å². The Kier molecular flexibility index (Phi) is 49.9. The van der Waals surface area contributed by atoms with Gasteiger partial charge in [0.25, 0.3) is 0 Å². The van der Waals surface area contributed by atoms with Crippen LogP contribution in [-0.4, -0.2) is 111 Å². The maximum atomic E-state index is 13.9. The lowest BCUT2D eigenvalue weighted by Gasteiger charge is -2.31. The van der Waals surface area contributed by atoms with Gasteiger partial charge in [0.05, 0.1) is 18.3 Å². The van der Waals surface area contributed by atoms with Gasteiger partial charge in [-0.05, 0) is 105 Å². The lowest BCUT2D eigenvalue weighted by molar-refractivity contribution is -0.147. The second kappa shape index (κ2) is 52.4. The SMILES string of the molecule is C#CCCC(=O)NCCC(C)(C)OCCC(C)(C)C(=O)NC(CCCCNC(=O)CCCCCCCCCCCCCCC)C(=O)NCCC(C)(C)OCCC(C)(C)C(=O)NC(CCCCNC(=O)CCCCCCCCCCCCCCC)C(=O)OC. The van der Waals surface area contributed by atoms with Crippen LogP contribution in [0.2, 0.25) is 0 Å². The smallest absolute Gasteiger partial charge is 0.328 e. The lowest BCUT2D eigenvalue weighted by atomic mass is 9.88. The van der Waals surface area contributed by atoms with Crippen molar-refractivity contribution in [2.45, 2.75) is 349 Å². The summed E-state index contributed by atoms with van der Waals surface area (Å²) in [4.78, 5) is 91.5. The predicted octanol–water partition coefficient (Wildman–Crippen LogP) is 14.5. The molecule has 0 radical (unpaired) electrons. The van der Waals surface area contributed by atoms with Crippen LogP contribution in [0.15, 0.2) is 0 Å². The fourth-order valence-corrected chi connectivity index (χ4v) is 10.5. The third kappa shape index (κ3) is 47.7. The number of esters is 1. The van der Waals surface area contributed by atoms with Crippen molar-refractivity contribution in [1.82, 2.24) is 31.9 Å². The lowest BCUT2D eigenvalue weighted by Crippen LogP contribution is -2.51. The molecule has 88 heavy (non-hydrogen) atoms. The molecule has 6 N–H and O–H groups in total. The molecule has 0 spiro atoms. The number of amides is 6. The molecule has 0 aromatic rings. The van der Waals surface area contributed by atoms with Gasteiger partial charge in [0, 0.05) is 75.9 Å². The fraction of sp³-hybridized carbons (Fsp3) is 0.875. The number of terminal acetylenes is 1. The van der Waals surface area contributed by atoms with Gasteiger partial charge in [-0.2, -0.15) is 0 Å². The fourth-order valence-electron chi connectivity index (χ4n) is 10.5. The van der Waals surface area contributed by atoms with Crippen LogP contribution in [0.25, 0.3) is 0 Å². The van der Waals surface area contributed by atoms with E-state index in [0.29, 0.717) is 110 Å². The summed E-state index contributed by atoms with van der Waals surface area (Å²) in [6.07, 6.45) is 44.8. The van der Waals surface area contributed by atoms with E-state index in [1.54, 1.807) is 0 Å². The first-order chi connectivity index (χ1) is 42.0. The van der Waals surface area contributed by atoms with Crippen LogP contribution in [0.3, 0.4) is 0 Å². The van der Waals surface area contributed by atoms with Crippen molar-refractivity contribution < 1.29 is 47.8 Å². The molecule has 0 rings (SSSR count). The molecule has 2 atom stereocenters. The average molecular weight is 1240 g/mol. The summed E-state index contributed by atoms with van der Waals surface area (Å²) in [6, 6.07) is -1.64. The number of carbonyl (C=O) groups excluding carboxylic acids is 7. The Morgan fingerprint density at radius 1 is 0.398 bits per heavy atom. The van der Waals surface area contributed by atoms with Gasteiger partial charge in [-0.15, -0.1) is 12.3 Å². The largest absolute Gasteiger partial charge is 0.467 e. The van der Waals surface area contributed by atoms with Crippen LogP contribution >= 0.6 is 0 Å². The van der Waals surface area contributed by atoms with Crippen molar-refractivity contribution in [1.29, 1.82) is 0 Å². The molecule has 0 heterocycles. The molecule has 0 bridgehead atoms. The van der Waals surface area contributed by atoms with Gasteiger partial charge in [0.15, 0.2) is 0 Å². The summed E-state index contributed by atoms with van der Waals surface area (Å²) in [6.45, 7) is 21.8. The van der Waals surface area contributed by atoms with Gasteiger partial charge < -0.3 is 46.1 Å². The first kappa shape index (κ1) is 83.8. The number of carbonyl (C=O) groups is 7. The number of unbranched alkanes of at least 4 members (excludes halogenated alkanes) is 26. The number of hydrogen-bond acceptors (Lipinski definition) is 10. The van der Waals surface area contributed by atoms with Crippen molar-refractivity contribution >= 4 is 41.4 Å². The molecular formula is C72H134N6O10. The van der Waals surface area contributed by atoms with E-state index in [0.717, 1.165) is 32.1 Å². The van der Waals surface area contributed by atoms with Crippen molar-refractivity contribution in [3.8, 4) is 12.3 Å². The molecule has 0 aliphatic heterocycles. The van der Waals surface area contributed by atoms with Gasteiger partial charge in [-0.3, -0.25) is 28.8 Å². The maximum Gasteiger partial charge on any atom is 0.328 e. The van der Waals surface area contributed by atoms with E-state index in [1.165, 1.54) is 142 Å². The zero-order valence-electron chi connectivity index (χ0n) is 58.3. The molecule has 16 heteroatoms. The van der Waals surface area contributed by atoms with Gasteiger partial charge >= 0.3 is 5.97 Å². The third-order valence-corrected chi connectivity index (χ3v) is 17.2. The minimum Gasteiger partial charge on any atom is -0.467 e. The molecule has 16 nitrogen and oxygen atoms in total. The second-order valence-corrected chi connectivity index (χ2v) is 27.6. The summed E-state index contributed by atoms with van der Waals surface area (Å²) in [5, 5.41) is 17.9. The Labute approximate surface area is 537 Å². The number of rotatable bonds is 60. The van der Waals surface area contributed by atoms with Gasteiger partial charge in [-0.1, -0.05) is 196 Å². The quantitative estimate of drug-likeness (QED) is 0.0192. The molecule has 0 saturated heterocycles. The van der Waals surface area contributed by atoms with Crippen LogP contribution in [0, 0.1) is 23.2 Å². The van der Waals surface area contributed by atoms with Crippen molar-refractivity contribution in [2.75, 3.05) is 46.5 Å². The van der Waals surface area contributed by atoms with E-state index in [-0.39, 0.29) is 55.0 Å². The number of nitrogens with one attached hydrogen (secondary N) is 6. The third-order valence-electron chi connectivity index (χ3n) is 17.2. The van der Waals surface area contributed by atoms with Crippen molar-refractivity contribution in [2.24, 2.45) is 10.8 Å². The molecule has 0 aliphatic rings.